The van der Waals surface area contributed by atoms with E-state index in [1.807, 2.05) is 6.20 Å². The van der Waals surface area contributed by atoms with Crippen LogP contribution in [0.3, 0.4) is 0 Å². The van der Waals surface area contributed by atoms with Gasteiger partial charge in [-0.05, 0) is 43.5 Å². The molecule has 2 N–H and O–H groups in total. The Morgan fingerprint density at radius 1 is 1.35 bits per heavy atom. The second-order valence-corrected chi connectivity index (χ2v) is 5.24. The first-order valence-corrected chi connectivity index (χ1v) is 6.82. The Labute approximate surface area is 116 Å². The van der Waals surface area contributed by atoms with Gasteiger partial charge in [0.15, 0.2) is 0 Å². The molecule has 104 valence electrons. The molecule has 1 aromatic carbocycles. The Morgan fingerprint density at radius 2 is 2.10 bits per heavy atom. The van der Waals surface area contributed by atoms with Crippen molar-refractivity contribution < 1.29 is 4.92 Å². The van der Waals surface area contributed by atoms with Gasteiger partial charge in [0.05, 0.1) is 4.92 Å². The molecule has 3 rings (SSSR count). The number of nitro benzene ring substituents is 1. The normalized spacial score (nSPS) is 16.4. The number of hydrogen-bond acceptors (Lipinski definition) is 3. The lowest BCUT2D eigenvalue weighted by atomic mass is 9.86. The smallest absolute Gasteiger partial charge is 0.270 e. The van der Waals surface area contributed by atoms with E-state index in [1.54, 1.807) is 12.1 Å². The van der Waals surface area contributed by atoms with Crippen LogP contribution in [-0.2, 0) is 0 Å². The predicted octanol–water partition coefficient (Wildman–Crippen LogP) is 3.09. The van der Waals surface area contributed by atoms with E-state index in [0.717, 1.165) is 48.0 Å². The molecule has 2 heterocycles. The Hall–Kier alpha value is -2.14. The molecule has 1 fully saturated rings. The lowest BCUT2D eigenvalue weighted by Crippen LogP contribution is -2.28. The van der Waals surface area contributed by atoms with Gasteiger partial charge in [-0.25, -0.2) is 0 Å². The second-order valence-electron chi connectivity index (χ2n) is 5.24. The highest BCUT2D eigenvalue weighted by Gasteiger charge is 2.20. The Balaban J connectivity index is 2.00. The molecular formula is C15H17N3O2. The Morgan fingerprint density at radius 3 is 2.80 bits per heavy atom. The van der Waals surface area contributed by atoms with Crippen molar-refractivity contribution in [2.24, 2.45) is 5.92 Å². The number of nitrogens with one attached hydrogen (secondary N) is 2. The molecule has 1 aromatic heterocycles. The predicted molar refractivity (Wildman–Crippen MR) is 79.6 cm³/mol. The summed E-state index contributed by atoms with van der Waals surface area (Å²) in [5, 5.41) is 15.1. The van der Waals surface area contributed by atoms with Crippen LogP contribution in [0.5, 0.6) is 0 Å². The van der Waals surface area contributed by atoms with Crippen LogP contribution in [0.1, 0.15) is 18.4 Å². The van der Waals surface area contributed by atoms with Crippen LogP contribution in [-0.4, -0.2) is 23.0 Å². The Bertz CT molecular complexity index is 669. The molecule has 0 spiro atoms. The quantitative estimate of drug-likeness (QED) is 0.665. The fourth-order valence-electron chi connectivity index (χ4n) is 2.88. The number of piperidine rings is 1. The second kappa shape index (κ2) is 5.09. The summed E-state index contributed by atoms with van der Waals surface area (Å²) in [6.07, 6.45) is 4.06. The maximum absolute atomic E-state index is 10.9. The minimum atomic E-state index is -0.358. The summed E-state index contributed by atoms with van der Waals surface area (Å²) >= 11 is 0. The number of nitrogens with zero attached hydrogens (tertiary/aromatic N) is 1. The fraction of sp³-hybridized carbons (Fsp3) is 0.333. The van der Waals surface area contributed by atoms with Crippen LogP contribution in [0, 0.1) is 16.0 Å². The number of non-ortho nitro benzene ring substituents is 1. The number of rotatable bonds is 3. The van der Waals surface area contributed by atoms with Gasteiger partial charge in [-0.15, -0.1) is 0 Å². The van der Waals surface area contributed by atoms with Crippen molar-refractivity contribution in [1.82, 2.24) is 10.3 Å². The lowest BCUT2D eigenvalue weighted by molar-refractivity contribution is -0.384. The molecule has 5 heteroatoms. The average Bonchev–Trinajstić information content (AvgIpc) is 2.90. The maximum atomic E-state index is 10.9. The van der Waals surface area contributed by atoms with Crippen molar-refractivity contribution >= 4 is 22.2 Å². The highest BCUT2D eigenvalue weighted by molar-refractivity contribution is 5.93. The minimum absolute atomic E-state index is 0.122. The van der Waals surface area contributed by atoms with E-state index in [9.17, 15) is 10.1 Å². The van der Waals surface area contributed by atoms with Crippen molar-refractivity contribution in [2.75, 3.05) is 13.1 Å². The van der Waals surface area contributed by atoms with E-state index in [1.165, 1.54) is 6.07 Å². The summed E-state index contributed by atoms with van der Waals surface area (Å²) in [5.41, 5.74) is 3.13. The summed E-state index contributed by atoms with van der Waals surface area (Å²) < 4.78 is 0. The highest BCUT2D eigenvalue weighted by atomic mass is 16.6. The van der Waals surface area contributed by atoms with Gasteiger partial charge in [-0.2, -0.15) is 0 Å². The van der Waals surface area contributed by atoms with Gasteiger partial charge in [0, 0.05) is 34.8 Å². The van der Waals surface area contributed by atoms with Crippen molar-refractivity contribution in [3.05, 3.63) is 46.7 Å². The summed E-state index contributed by atoms with van der Waals surface area (Å²) in [6, 6.07) is 4.91. The third kappa shape index (κ3) is 2.20. The number of allylic oxidation sites excluding steroid dienone is 1. The molecule has 0 unspecified atom stereocenters. The molecule has 1 saturated heterocycles. The maximum Gasteiger partial charge on any atom is 0.270 e. The summed E-state index contributed by atoms with van der Waals surface area (Å²) in [4.78, 5) is 13.7. The third-order valence-electron chi connectivity index (χ3n) is 4.05. The highest BCUT2D eigenvalue weighted by Crippen LogP contribution is 2.34. The molecule has 0 amide bonds. The Kier molecular flexibility index (Phi) is 3.28. The van der Waals surface area contributed by atoms with E-state index >= 15 is 0 Å². The van der Waals surface area contributed by atoms with Crippen molar-refractivity contribution in [1.29, 1.82) is 0 Å². The molecule has 5 nitrogen and oxygen atoms in total. The number of aromatic nitrogens is 1. The van der Waals surface area contributed by atoms with Crippen LogP contribution < -0.4 is 5.32 Å². The summed E-state index contributed by atoms with van der Waals surface area (Å²) in [6.45, 7) is 6.24. The number of benzene rings is 1. The van der Waals surface area contributed by atoms with Crippen LogP contribution in [0.2, 0.25) is 0 Å². The van der Waals surface area contributed by atoms with Crippen molar-refractivity contribution in [2.45, 2.75) is 12.8 Å². The first-order chi connectivity index (χ1) is 9.66. The van der Waals surface area contributed by atoms with Gasteiger partial charge in [-0.1, -0.05) is 6.58 Å². The molecule has 0 atom stereocenters. The molecule has 0 radical (unpaired) electrons. The first-order valence-electron chi connectivity index (χ1n) is 6.82. The summed E-state index contributed by atoms with van der Waals surface area (Å²) in [7, 11) is 0. The summed E-state index contributed by atoms with van der Waals surface area (Å²) in [5.74, 6) is 0.453. The van der Waals surface area contributed by atoms with Crippen LogP contribution in [0.25, 0.3) is 16.5 Å². The third-order valence-corrected chi connectivity index (χ3v) is 4.05. The van der Waals surface area contributed by atoms with Crippen LogP contribution >= 0.6 is 0 Å². The largest absolute Gasteiger partial charge is 0.361 e. The van der Waals surface area contributed by atoms with Gasteiger partial charge in [0.2, 0.25) is 0 Å². The molecular weight excluding hydrogens is 254 g/mol. The number of fused-ring (bicyclic) bond motifs is 1. The monoisotopic (exact) mass is 271 g/mol. The number of nitro groups is 1. The molecule has 2 aromatic rings. The molecule has 1 aliphatic heterocycles. The lowest BCUT2D eigenvalue weighted by Gasteiger charge is -2.24. The molecule has 1 aliphatic rings. The first kappa shape index (κ1) is 12.9. The SMILES string of the molecule is C=C(c1c[nH]c2ccc([N+](=O)[O-])cc12)C1CCNCC1. The number of hydrogen-bond donors (Lipinski definition) is 2. The van der Waals surface area contributed by atoms with Gasteiger partial charge in [0.25, 0.3) is 5.69 Å². The van der Waals surface area contributed by atoms with Crippen LogP contribution in [0.15, 0.2) is 31.0 Å². The molecule has 0 bridgehead atoms. The van der Waals surface area contributed by atoms with E-state index < -0.39 is 0 Å². The van der Waals surface area contributed by atoms with E-state index in [0.29, 0.717) is 5.92 Å². The molecule has 0 saturated carbocycles. The number of aromatic amines is 1. The van der Waals surface area contributed by atoms with Gasteiger partial charge in [-0.3, -0.25) is 10.1 Å². The van der Waals surface area contributed by atoms with Gasteiger partial charge < -0.3 is 10.3 Å². The van der Waals surface area contributed by atoms with Crippen molar-refractivity contribution in [3.63, 3.8) is 0 Å². The average molecular weight is 271 g/mol. The zero-order valence-electron chi connectivity index (χ0n) is 11.2. The topological polar surface area (TPSA) is 71.0 Å². The van der Waals surface area contributed by atoms with Crippen molar-refractivity contribution in [3.8, 4) is 0 Å². The van der Waals surface area contributed by atoms with E-state index in [4.69, 9.17) is 0 Å². The molecule has 0 aliphatic carbocycles. The van der Waals surface area contributed by atoms with Gasteiger partial charge in [0.1, 0.15) is 0 Å². The van der Waals surface area contributed by atoms with E-state index in [2.05, 4.69) is 16.9 Å². The van der Waals surface area contributed by atoms with Crippen LogP contribution in [0.4, 0.5) is 5.69 Å². The zero-order valence-corrected chi connectivity index (χ0v) is 11.2. The fourth-order valence-corrected chi connectivity index (χ4v) is 2.88. The zero-order chi connectivity index (χ0) is 14.1. The standard InChI is InChI=1S/C15H17N3O2/c1-10(11-4-6-16-7-5-11)14-9-17-15-3-2-12(18(19)20)8-13(14)15/h2-3,8-9,11,16-17H,1,4-7H2. The molecule has 20 heavy (non-hydrogen) atoms. The van der Waals surface area contributed by atoms with E-state index in [-0.39, 0.29) is 10.6 Å². The van der Waals surface area contributed by atoms with Gasteiger partial charge >= 0.3 is 0 Å². The number of H-pyrrole nitrogens is 1. The minimum Gasteiger partial charge on any atom is -0.361 e.